The van der Waals surface area contributed by atoms with Crippen LogP contribution in [0.1, 0.15) is 6.42 Å². The number of hydrogen-bond acceptors (Lipinski definition) is 2. The predicted molar refractivity (Wildman–Crippen MR) is 56.4 cm³/mol. The summed E-state index contributed by atoms with van der Waals surface area (Å²) in [6.07, 6.45) is 0.118. The van der Waals surface area contributed by atoms with Gasteiger partial charge in [0.25, 0.3) is 5.91 Å². The highest BCUT2D eigenvalue weighted by Crippen LogP contribution is 2.23. The Balaban J connectivity index is 2.10. The second-order valence-electron chi connectivity index (χ2n) is 3.83. The lowest BCUT2D eigenvalue weighted by molar-refractivity contribution is -0.126. The molecule has 5 heteroatoms. The number of hydrogen-bond donors (Lipinski definition) is 2. The fourth-order valence-electron chi connectivity index (χ4n) is 1.65. The van der Waals surface area contributed by atoms with Gasteiger partial charge in [0, 0.05) is 13.0 Å². The van der Waals surface area contributed by atoms with Crippen LogP contribution in [0, 0.1) is 5.82 Å². The number of alkyl halides is 1. The smallest absolute Gasteiger partial charge is 0.263 e. The zero-order chi connectivity index (χ0) is 11.6. The largest absolute Gasteiger partial charge is 0.321 e. The number of nitrogens with one attached hydrogen (secondary N) is 2. The second kappa shape index (κ2) is 4.17. The van der Waals surface area contributed by atoms with Gasteiger partial charge in [-0.1, -0.05) is 12.1 Å². The van der Waals surface area contributed by atoms with Crippen LogP contribution in [-0.2, 0) is 4.79 Å². The van der Waals surface area contributed by atoms with Crippen molar-refractivity contribution in [2.75, 3.05) is 18.4 Å². The molecule has 1 amide bonds. The molecular weight excluding hydrogens is 214 g/mol. The monoisotopic (exact) mass is 226 g/mol. The van der Waals surface area contributed by atoms with Gasteiger partial charge in [-0.25, -0.2) is 8.78 Å². The average molecular weight is 226 g/mol. The Morgan fingerprint density at radius 3 is 2.81 bits per heavy atom. The lowest BCUT2D eigenvalue weighted by Crippen LogP contribution is -2.40. The lowest BCUT2D eigenvalue weighted by atomic mass is 10.0. The van der Waals surface area contributed by atoms with Gasteiger partial charge in [-0.05, 0) is 18.7 Å². The summed E-state index contributed by atoms with van der Waals surface area (Å²) >= 11 is 0. The topological polar surface area (TPSA) is 41.1 Å². The van der Waals surface area contributed by atoms with E-state index < -0.39 is 17.4 Å². The predicted octanol–water partition coefficient (Wildman–Crippen LogP) is 1.47. The molecule has 1 fully saturated rings. The molecule has 1 heterocycles. The molecule has 3 nitrogen and oxygen atoms in total. The van der Waals surface area contributed by atoms with Gasteiger partial charge < -0.3 is 10.6 Å². The van der Waals surface area contributed by atoms with Gasteiger partial charge >= 0.3 is 0 Å². The SMILES string of the molecule is O=C(Nc1ccccc1F)C1(F)CCNC1. The highest BCUT2D eigenvalue weighted by Gasteiger charge is 2.41. The van der Waals surface area contributed by atoms with Gasteiger partial charge in [-0.3, -0.25) is 4.79 Å². The third kappa shape index (κ3) is 2.04. The minimum atomic E-state index is -1.93. The van der Waals surface area contributed by atoms with Gasteiger partial charge in [-0.15, -0.1) is 0 Å². The number of anilines is 1. The quantitative estimate of drug-likeness (QED) is 0.801. The van der Waals surface area contributed by atoms with Crippen LogP contribution in [0.5, 0.6) is 0 Å². The van der Waals surface area contributed by atoms with Crippen LogP contribution < -0.4 is 10.6 Å². The third-order valence-electron chi connectivity index (χ3n) is 2.63. The molecule has 86 valence electrons. The van der Waals surface area contributed by atoms with Crippen LogP contribution in [0.2, 0.25) is 0 Å². The van der Waals surface area contributed by atoms with Crippen molar-refractivity contribution in [2.24, 2.45) is 0 Å². The van der Waals surface area contributed by atoms with Crippen molar-refractivity contribution in [3.8, 4) is 0 Å². The molecule has 1 unspecified atom stereocenters. The van der Waals surface area contributed by atoms with E-state index >= 15 is 0 Å². The van der Waals surface area contributed by atoms with Crippen molar-refractivity contribution < 1.29 is 13.6 Å². The molecule has 0 aliphatic carbocycles. The van der Waals surface area contributed by atoms with Gasteiger partial charge in [0.05, 0.1) is 5.69 Å². The summed E-state index contributed by atoms with van der Waals surface area (Å²) in [5.41, 5.74) is -1.92. The first-order valence-corrected chi connectivity index (χ1v) is 5.07. The number of carbonyl (C=O) groups is 1. The summed E-state index contributed by atoms with van der Waals surface area (Å²) < 4.78 is 27.1. The number of carbonyl (C=O) groups excluding carboxylic acids is 1. The Hall–Kier alpha value is -1.49. The van der Waals surface area contributed by atoms with Crippen molar-refractivity contribution >= 4 is 11.6 Å². The summed E-state index contributed by atoms with van der Waals surface area (Å²) in [6, 6.07) is 5.70. The lowest BCUT2D eigenvalue weighted by Gasteiger charge is -2.17. The third-order valence-corrected chi connectivity index (χ3v) is 2.63. The summed E-state index contributed by atoms with van der Waals surface area (Å²) in [5, 5.41) is 5.03. The van der Waals surface area contributed by atoms with Crippen molar-refractivity contribution in [1.82, 2.24) is 5.32 Å². The molecule has 1 aromatic carbocycles. The minimum Gasteiger partial charge on any atom is -0.321 e. The molecule has 0 spiro atoms. The highest BCUT2D eigenvalue weighted by molar-refractivity contribution is 5.97. The number of rotatable bonds is 2. The maximum atomic E-state index is 13.9. The summed E-state index contributed by atoms with van der Waals surface area (Å²) in [4.78, 5) is 11.6. The zero-order valence-electron chi connectivity index (χ0n) is 8.59. The molecular formula is C11H12F2N2O. The summed E-state index contributed by atoms with van der Waals surface area (Å²) in [5.74, 6) is -1.35. The molecule has 1 saturated heterocycles. The van der Waals surface area contributed by atoms with E-state index in [0.29, 0.717) is 6.54 Å². The van der Waals surface area contributed by atoms with Gasteiger partial charge in [0.15, 0.2) is 0 Å². The first-order valence-electron chi connectivity index (χ1n) is 5.07. The van der Waals surface area contributed by atoms with Crippen LogP contribution in [0.3, 0.4) is 0 Å². The minimum absolute atomic E-state index is 0.0106. The van der Waals surface area contributed by atoms with E-state index in [-0.39, 0.29) is 18.7 Å². The molecule has 2 N–H and O–H groups in total. The second-order valence-corrected chi connectivity index (χ2v) is 3.83. The molecule has 1 aliphatic heterocycles. The van der Waals surface area contributed by atoms with Crippen LogP contribution in [0.15, 0.2) is 24.3 Å². The molecule has 1 aliphatic rings. The number of halogens is 2. The summed E-state index contributed by atoms with van der Waals surface area (Å²) in [6.45, 7) is 0.439. The van der Waals surface area contributed by atoms with E-state index in [1.54, 1.807) is 6.07 Å². The van der Waals surface area contributed by atoms with Crippen molar-refractivity contribution in [1.29, 1.82) is 0 Å². The van der Waals surface area contributed by atoms with Crippen molar-refractivity contribution in [2.45, 2.75) is 12.1 Å². The van der Waals surface area contributed by atoms with Gasteiger partial charge in [0.2, 0.25) is 5.67 Å². The Morgan fingerprint density at radius 1 is 1.44 bits per heavy atom. The average Bonchev–Trinajstić information content (AvgIpc) is 2.70. The maximum Gasteiger partial charge on any atom is 0.263 e. The Bertz CT molecular complexity index is 403. The number of amides is 1. The molecule has 0 saturated carbocycles. The van der Waals surface area contributed by atoms with Crippen LogP contribution >= 0.6 is 0 Å². The normalized spacial score (nSPS) is 24.4. The highest BCUT2D eigenvalue weighted by atomic mass is 19.1. The van der Waals surface area contributed by atoms with Gasteiger partial charge in [0.1, 0.15) is 5.82 Å². The Kier molecular flexibility index (Phi) is 2.87. The van der Waals surface area contributed by atoms with E-state index in [0.717, 1.165) is 0 Å². The zero-order valence-corrected chi connectivity index (χ0v) is 8.59. The molecule has 0 bridgehead atoms. The van der Waals surface area contributed by atoms with E-state index in [2.05, 4.69) is 10.6 Å². The van der Waals surface area contributed by atoms with E-state index in [4.69, 9.17) is 0 Å². The first-order chi connectivity index (χ1) is 7.62. The molecule has 0 radical (unpaired) electrons. The molecule has 16 heavy (non-hydrogen) atoms. The van der Waals surface area contributed by atoms with Crippen molar-refractivity contribution in [3.63, 3.8) is 0 Å². The van der Waals surface area contributed by atoms with E-state index in [1.165, 1.54) is 18.2 Å². The fourth-order valence-corrected chi connectivity index (χ4v) is 1.65. The number of benzene rings is 1. The molecule has 2 rings (SSSR count). The fraction of sp³-hybridized carbons (Fsp3) is 0.364. The van der Waals surface area contributed by atoms with E-state index in [1.807, 2.05) is 0 Å². The Labute approximate surface area is 91.8 Å². The van der Waals surface area contributed by atoms with Gasteiger partial charge in [-0.2, -0.15) is 0 Å². The number of para-hydroxylation sites is 1. The maximum absolute atomic E-state index is 13.9. The molecule has 1 aromatic rings. The van der Waals surface area contributed by atoms with Crippen LogP contribution in [0.25, 0.3) is 0 Å². The van der Waals surface area contributed by atoms with Crippen LogP contribution in [-0.4, -0.2) is 24.7 Å². The van der Waals surface area contributed by atoms with Crippen molar-refractivity contribution in [3.05, 3.63) is 30.1 Å². The standard InChI is InChI=1S/C11H12F2N2O/c12-8-3-1-2-4-9(8)15-10(16)11(13)5-6-14-7-11/h1-4,14H,5-7H2,(H,15,16). The summed E-state index contributed by atoms with van der Waals surface area (Å²) in [7, 11) is 0. The Morgan fingerprint density at radius 2 is 2.19 bits per heavy atom. The molecule has 0 aromatic heterocycles. The molecule has 1 atom stereocenters. The van der Waals surface area contributed by atoms with Crippen LogP contribution in [0.4, 0.5) is 14.5 Å². The first kappa shape index (κ1) is 11.0. The van der Waals surface area contributed by atoms with E-state index in [9.17, 15) is 13.6 Å².